The van der Waals surface area contributed by atoms with Crippen molar-refractivity contribution in [3.63, 3.8) is 0 Å². The van der Waals surface area contributed by atoms with E-state index >= 15 is 0 Å². The molecule has 2 rings (SSSR count). The van der Waals surface area contributed by atoms with E-state index in [0.29, 0.717) is 0 Å². The Balaban J connectivity index is 2.01. The molecular formula is C15H18N2O. The molecule has 0 saturated heterocycles. The summed E-state index contributed by atoms with van der Waals surface area (Å²) < 4.78 is 5.35. The lowest BCUT2D eigenvalue weighted by Gasteiger charge is -2.17. The second kappa shape index (κ2) is 6.17. The van der Waals surface area contributed by atoms with Crippen LogP contribution < -0.4 is 4.74 Å². The Hall–Kier alpha value is -1.87. The molecule has 0 bridgehead atoms. The molecule has 3 nitrogen and oxygen atoms in total. The molecule has 18 heavy (non-hydrogen) atoms. The molecular weight excluding hydrogens is 224 g/mol. The Labute approximate surface area is 108 Å². The molecule has 0 aliphatic carbocycles. The first kappa shape index (κ1) is 12.6. The van der Waals surface area contributed by atoms with Gasteiger partial charge in [0.1, 0.15) is 5.75 Å². The summed E-state index contributed by atoms with van der Waals surface area (Å²) in [4.78, 5) is 6.55. The molecule has 0 spiro atoms. The summed E-state index contributed by atoms with van der Waals surface area (Å²) in [6.45, 7) is 1.68. The molecule has 3 heteroatoms. The number of methoxy groups -OCH3 is 1. The topological polar surface area (TPSA) is 25.4 Å². The largest absolute Gasteiger partial charge is 0.496 e. The van der Waals surface area contributed by atoms with E-state index in [2.05, 4.69) is 23.0 Å². The van der Waals surface area contributed by atoms with Gasteiger partial charge in [-0.2, -0.15) is 0 Å². The van der Waals surface area contributed by atoms with Gasteiger partial charge in [0.05, 0.1) is 12.8 Å². The molecule has 0 aliphatic heterocycles. The van der Waals surface area contributed by atoms with E-state index in [0.717, 1.165) is 24.5 Å². The van der Waals surface area contributed by atoms with Crippen LogP contribution in [-0.4, -0.2) is 24.0 Å². The lowest BCUT2D eigenvalue weighted by atomic mass is 10.2. The van der Waals surface area contributed by atoms with Crippen molar-refractivity contribution in [2.24, 2.45) is 0 Å². The molecule has 94 valence electrons. The third-order valence-electron chi connectivity index (χ3n) is 2.79. The van der Waals surface area contributed by atoms with Crippen LogP contribution in [0.25, 0.3) is 0 Å². The number of aromatic nitrogens is 1. The molecule has 0 aliphatic rings. The maximum Gasteiger partial charge on any atom is 0.123 e. The minimum Gasteiger partial charge on any atom is -0.496 e. The van der Waals surface area contributed by atoms with Crippen molar-refractivity contribution in [3.05, 3.63) is 59.9 Å². The smallest absolute Gasteiger partial charge is 0.123 e. The summed E-state index contributed by atoms with van der Waals surface area (Å²) in [6.07, 6.45) is 1.83. The van der Waals surface area contributed by atoms with Gasteiger partial charge in [-0.05, 0) is 25.2 Å². The van der Waals surface area contributed by atoms with Gasteiger partial charge >= 0.3 is 0 Å². The average molecular weight is 242 g/mol. The molecule has 1 aromatic heterocycles. The highest BCUT2D eigenvalue weighted by molar-refractivity contribution is 5.33. The zero-order chi connectivity index (χ0) is 12.8. The minimum atomic E-state index is 0.832. The maximum absolute atomic E-state index is 5.35. The van der Waals surface area contributed by atoms with Gasteiger partial charge in [0.2, 0.25) is 0 Å². The third kappa shape index (κ3) is 3.31. The van der Waals surface area contributed by atoms with Crippen molar-refractivity contribution >= 4 is 0 Å². The van der Waals surface area contributed by atoms with Gasteiger partial charge in [-0.3, -0.25) is 9.88 Å². The van der Waals surface area contributed by atoms with Gasteiger partial charge in [-0.25, -0.2) is 0 Å². The fourth-order valence-electron chi connectivity index (χ4n) is 1.95. The van der Waals surface area contributed by atoms with Crippen LogP contribution in [0.4, 0.5) is 0 Å². The minimum absolute atomic E-state index is 0.832. The molecule has 0 atom stereocenters. The van der Waals surface area contributed by atoms with Gasteiger partial charge in [0.25, 0.3) is 0 Å². The van der Waals surface area contributed by atoms with E-state index < -0.39 is 0 Å². The van der Waals surface area contributed by atoms with E-state index in [1.165, 1.54) is 5.56 Å². The Morgan fingerprint density at radius 2 is 1.83 bits per heavy atom. The van der Waals surface area contributed by atoms with Gasteiger partial charge in [0, 0.05) is 24.8 Å². The molecule has 0 N–H and O–H groups in total. The zero-order valence-corrected chi connectivity index (χ0v) is 10.8. The number of hydrogen-bond acceptors (Lipinski definition) is 3. The first-order valence-corrected chi connectivity index (χ1v) is 6.00. The molecule has 0 unspecified atom stereocenters. The van der Waals surface area contributed by atoms with Gasteiger partial charge in [-0.1, -0.05) is 24.3 Å². The lowest BCUT2D eigenvalue weighted by Crippen LogP contribution is -2.18. The van der Waals surface area contributed by atoms with Crippen molar-refractivity contribution in [1.29, 1.82) is 0 Å². The fraction of sp³-hybridized carbons (Fsp3) is 0.267. The summed E-state index contributed by atoms with van der Waals surface area (Å²) >= 11 is 0. The number of hydrogen-bond donors (Lipinski definition) is 0. The third-order valence-corrected chi connectivity index (χ3v) is 2.79. The van der Waals surface area contributed by atoms with Crippen LogP contribution in [0, 0.1) is 0 Å². The second-order valence-electron chi connectivity index (χ2n) is 4.31. The van der Waals surface area contributed by atoms with Crippen LogP contribution in [-0.2, 0) is 13.1 Å². The highest BCUT2D eigenvalue weighted by atomic mass is 16.5. The highest BCUT2D eigenvalue weighted by Gasteiger charge is 2.06. The Bertz CT molecular complexity index is 485. The van der Waals surface area contributed by atoms with Crippen LogP contribution in [0.15, 0.2) is 48.7 Å². The summed E-state index contributed by atoms with van der Waals surface area (Å²) in [5, 5.41) is 0. The summed E-state index contributed by atoms with van der Waals surface area (Å²) in [5.74, 6) is 0.936. The van der Waals surface area contributed by atoms with Gasteiger partial charge < -0.3 is 4.74 Å². The van der Waals surface area contributed by atoms with Crippen molar-refractivity contribution in [2.75, 3.05) is 14.2 Å². The summed E-state index contributed by atoms with van der Waals surface area (Å²) in [5.41, 5.74) is 2.27. The lowest BCUT2D eigenvalue weighted by molar-refractivity contribution is 0.306. The van der Waals surface area contributed by atoms with Gasteiger partial charge in [0.15, 0.2) is 0 Å². The summed E-state index contributed by atoms with van der Waals surface area (Å²) in [6, 6.07) is 14.1. The number of benzene rings is 1. The molecule has 0 saturated carbocycles. The number of para-hydroxylation sites is 1. The van der Waals surface area contributed by atoms with E-state index in [1.807, 2.05) is 42.6 Å². The number of pyridine rings is 1. The van der Waals surface area contributed by atoms with Crippen LogP contribution in [0.5, 0.6) is 5.75 Å². The molecule has 1 heterocycles. The van der Waals surface area contributed by atoms with E-state index in [1.54, 1.807) is 7.11 Å². The molecule has 0 radical (unpaired) electrons. The average Bonchev–Trinajstić information content (AvgIpc) is 2.40. The monoisotopic (exact) mass is 242 g/mol. The normalized spacial score (nSPS) is 10.6. The predicted molar refractivity (Wildman–Crippen MR) is 72.4 cm³/mol. The van der Waals surface area contributed by atoms with Crippen molar-refractivity contribution in [2.45, 2.75) is 13.1 Å². The van der Waals surface area contributed by atoms with E-state index in [-0.39, 0.29) is 0 Å². The SMILES string of the molecule is COc1ccccc1CN(C)Cc1ccccn1. The van der Waals surface area contributed by atoms with Crippen molar-refractivity contribution < 1.29 is 4.74 Å². The van der Waals surface area contributed by atoms with Crippen LogP contribution in [0.1, 0.15) is 11.3 Å². The zero-order valence-electron chi connectivity index (χ0n) is 10.8. The molecule has 1 aromatic carbocycles. The van der Waals surface area contributed by atoms with E-state index in [4.69, 9.17) is 4.74 Å². The molecule has 0 amide bonds. The van der Waals surface area contributed by atoms with Crippen LogP contribution >= 0.6 is 0 Å². The van der Waals surface area contributed by atoms with Crippen LogP contribution in [0.2, 0.25) is 0 Å². The number of nitrogens with zero attached hydrogens (tertiary/aromatic N) is 2. The standard InChI is InChI=1S/C15H18N2O/c1-17(12-14-8-5-6-10-16-14)11-13-7-3-4-9-15(13)18-2/h3-10H,11-12H2,1-2H3. The first-order valence-electron chi connectivity index (χ1n) is 6.00. The second-order valence-corrected chi connectivity index (χ2v) is 4.31. The Kier molecular flexibility index (Phi) is 4.31. The predicted octanol–water partition coefficient (Wildman–Crippen LogP) is 2.72. The molecule has 2 aromatic rings. The first-order chi connectivity index (χ1) is 8.79. The quantitative estimate of drug-likeness (QED) is 0.806. The van der Waals surface area contributed by atoms with Crippen molar-refractivity contribution in [3.8, 4) is 5.75 Å². The van der Waals surface area contributed by atoms with Crippen LogP contribution in [0.3, 0.4) is 0 Å². The maximum atomic E-state index is 5.35. The number of rotatable bonds is 5. The van der Waals surface area contributed by atoms with E-state index in [9.17, 15) is 0 Å². The van der Waals surface area contributed by atoms with Gasteiger partial charge in [-0.15, -0.1) is 0 Å². The Morgan fingerprint density at radius 1 is 1.06 bits per heavy atom. The fourth-order valence-corrected chi connectivity index (χ4v) is 1.95. The summed E-state index contributed by atoms with van der Waals surface area (Å²) in [7, 11) is 3.79. The molecule has 0 fully saturated rings. The Morgan fingerprint density at radius 3 is 2.56 bits per heavy atom. The number of ether oxygens (including phenoxy) is 1. The highest BCUT2D eigenvalue weighted by Crippen LogP contribution is 2.19. The van der Waals surface area contributed by atoms with Crippen molar-refractivity contribution in [1.82, 2.24) is 9.88 Å².